The van der Waals surface area contributed by atoms with E-state index in [2.05, 4.69) is 0 Å². The summed E-state index contributed by atoms with van der Waals surface area (Å²) in [7, 11) is 0. The van der Waals surface area contributed by atoms with E-state index in [4.69, 9.17) is 39.5 Å². The Morgan fingerprint density at radius 3 is 2.21 bits per heavy atom. The van der Waals surface area contributed by atoms with Crippen molar-refractivity contribution >= 4 is 46.7 Å². The second kappa shape index (κ2) is 8.99. The van der Waals surface area contributed by atoms with E-state index in [-0.39, 0.29) is 38.9 Å². The average molecular weight is 464 g/mol. The molecule has 1 unspecified atom stereocenters. The summed E-state index contributed by atoms with van der Waals surface area (Å²) in [5.41, 5.74) is 0.443. The lowest BCUT2D eigenvalue weighted by molar-refractivity contribution is -0.139. The van der Waals surface area contributed by atoms with Crippen molar-refractivity contribution in [2.24, 2.45) is 5.92 Å². The first-order valence-corrected chi connectivity index (χ1v) is 9.93. The summed E-state index contributed by atoms with van der Waals surface area (Å²) in [6.45, 7) is 0.00802. The summed E-state index contributed by atoms with van der Waals surface area (Å²) in [5, 5.41) is -0.0733. The first-order chi connectivity index (χ1) is 13.6. The molecule has 1 atom stereocenters. The van der Waals surface area contributed by atoms with Gasteiger partial charge in [0.15, 0.2) is 5.78 Å². The third-order valence-corrected chi connectivity index (χ3v) is 5.69. The molecule has 8 heteroatoms. The zero-order valence-corrected chi connectivity index (χ0v) is 17.2. The lowest BCUT2D eigenvalue weighted by Crippen LogP contribution is -2.19. The van der Waals surface area contributed by atoms with Crippen molar-refractivity contribution in [3.63, 3.8) is 0 Å². The molecular formula is C21H16Cl3F3O2. The number of carbonyl (C=O) groups excluding carboxylic acids is 1. The monoisotopic (exact) mass is 462 g/mol. The summed E-state index contributed by atoms with van der Waals surface area (Å²) >= 11 is 17.6. The standard InChI is InChI=1S/C21H16Cl3F3O2/c22-17-9-14(10-18(23)20(17)24)16(21(25,26)27)8-3-12-1-6-15(7-2-12)29-11-19(28)13-4-5-13/h1-3,6-10,13,16H,4-5,11H2/b8-3+. The number of benzene rings is 2. The van der Waals surface area contributed by atoms with Crippen molar-refractivity contribution in [1.29, 1.82) is 0 Å². The maximum absolute atomic E-state index is 13.6. The molecule has 1 fully saturated rings. The Balaban J connectivity index is 1.73. The van der Waals surface area contributed by atoms with Crippen molar-refractivity contribution in [2.75, 3.05) is 6.61 Å². The Morgan fingerprint density at radius 1 is 1.10 bits per heavy atom. The van der Waals surface area contributed by atoms with Crippen LogP contribution in [0.5, 0.6) is 5.75 Å². The van der Waals surface area contributed by atoms with Gasteiger partial charge in [-0.25, -0.2) is 0 Å². The fourth-order valence-corrected chi connectivity index (χ4v) is 3.34. The molecule has 0 amide bonds. The molecule has 0 radical (unpaired) electrons. The number of Topliss-reactive ketones (excluding diaryl/α,β-unsaturated/α-hetero) is 1. The molecule has 1 aliphatic carbocycles. The molecular weight excluding hydrogens is 448 g/mol. The van der Waals surface area contributed by atoms with Crippen LogP contribution < -0.4 is 4.74 Å². The first-order valence-electron chi connectivity index (χ1n) is 8.80. The van der Waals surface area contributed by atoms with E-state index >= 15 is 0 Å². The van der Waals surface area contributed by atoms with Crippen LogP contribution in [-0.2, 0) is 4.79 Å². The molecule has 0 spiro atoms. The summed E-state index contributed by atoms with van der Waals surface area (Å²) in [6.07, 6.45) is -0.327. The Labute approximate surface area is 181 Å². The van der Waals surface area contributed by atoms with Gasteiger partial charge in [-0.3, -0.25) is 4.79 Å². The van der Waals surface area contributed by atoms with E-state index in [1.54, 1.807) is 24.3 Å². The highest BCUT2D eigenvalue weighted by Crippen LogP contribution is 2.41. The molecule has 154 valence electrons. The number of ether oxygens (including phenoxy) is 1. The summed E-state index contributed by atoms with van der Waals surface area (Å²) in [4.78, 5) is 11.7. The number of allylic oxidation sites excluding steroid dienone is 1. The molecule has 0 N–H and O–H groups in total. The van der Waals surface area contributed by atoms with Crippen LogP contribution in [0, 0.1) is 5.92 Å². The molecule has 1 saturated carbocycles. The highest BCUT2D eigenvalue weighted by molar-refractivity contribution is 6.48. The number of ketones is 1. The number of alkyl halides is 3. The van der Waals surface area contributed by atoms with E-state index in [0.29, 0.717) is 11.3 Å². The Hall–Kier alpha value is -1.69. The van der Waals surface area contributed by atoms with Crippen LogP contribution in [-0.4, -0.2) is 18.6 Å². The molecule has 0 aromatic heterocycles. The van der Waals surface area contributed by atoms with E-state index in [9.17, 15) is 18.0 Å². The van der Waals surface area contributed by atoms with Gasteiger partial charge in [-0.1, -0.05) is 59.1 Å². The fourth-order valence-electron chi connectivity index (χ4n) is 2.72. The second-order valence-electron chi connectivity index (χ2n) is 6.78. The van der Waals surface area contributed by atoms with Crippen LogP contribution in [0.1, 0.15) is 29.9 Å². The number of halogens is 6. The maximum Gasteiger partial charge on any atom is 0.399 e. The van der Waals surface area contributed by atoms with Gasteiger partial charge in [0, 0.05) is 5.92 Å². The normalized spacial score (nSPS) is 15.5. The zero-order valence-electron chi connectivity index (χ0n) is 15.0. The molecule has 0 heterocycles. The molecule has 0 aliphatic heterocycles. The third-order valence-electron chi connectivity index (χ3n) is 4.49. The smallest absolute Gasteiger partial charge is 0.399 e. The van der Waals surface area contributed by atoms with Gasteiger partial charge in [-0.2, -0.15) is 13.2 Å². The molecule has 0 saturated heterocycles. The molecule has 0 bridgehead atoms. The number of carbonyl (C=O) groups is 1. The lowest BCUT2D eigenvalue weighted by atomic mass is 9.97. The van der Waals surface area contributed by atoms with Gasteiger partial charge in [0.2, 0.25) is 0 Å². The highest BCUT2D eigenvalue weighted by Gasteiger charge is 2.39. The second-order valence-corrected chi connectivity index (χ2v) is 7.97. The van der Waals surface area contributed by atoms with E-state index in [1.807, 2.05) is 0 Å². The van der Waals surface area contributed by atoms with Gasteiger partial charge in [-0.05, 0) is 48.2 Å². The van der Waals surface area contributed by atoms with E-state index in [0.717, 1.165) is 31.1 Å². The molecule has 2 aromatic rings. The predicted octanol–water partition coefficient (Wildman–Crippen LogP) is 7.36. The summed E-state index contributed by atoms with van der Waals surface area (Å²) < 4.78 is 46.1. The number of hydrogen-bond donors (Lipinski definition) is 0. The quantitative estimate of drug-likeness (QED) is 0.401. The first kappa shape index (κ1) is 22.0. The fraction of sp³-hybridized carbons (Fsp3) is 0.286. The largest absolute Gasteiger partial charge is 0.486 e. The summed E-state index contributed by atoms with van der Waals surface area (Å²) in [5.74, 6) is -1.23. The zero-order chi connectivity index (χ0) is 21.2. The van der Waals surface area contributed by atoms with Crippen molar-refractivity contribution < 1.29 is 22.7 Å². The highest BCUT2D eigenvalue weighted by atomic mass is 35.5. The Morgan fingerprint density at radius 2 is 1.69 bits per heavy atom. The van der Waals surface area contributed by atoms with Crippen LogP contribution in [0.25, 0.3) is 6.08 Å². The molecule has 1 aliphatic rings. The minimum atomic E-state index is -4.54. The van der Waals surface area contributed by atoms with Gasteiger partial charge < -0.3 is 4.74 Å². The van der Waals surface area contributed by atoms with Gasteiger partial charge in [0.05, 0.1) is 21.0 Å². The average Bonchev–Trinajstić information content (AvgIpc) is 3.49. The third kappa shape index (κ3) is 5.91. The molecule has 2 aromatic carbocycles. The SMILES string of the molecule is O=C(COc1ccc(/C=C/C(c2cc(Cl)c(Cl)c(Cl)c2)C(F)(F)F)cc1)C1CC1. The molecule has 29 heavy (non-hydrogen) atoms. The van der Waals surface area contributed by atoms with Crippen molar-refractivity contribution in [1.82, 2.24) is 0 Å². The van der Waals surface area contributed by atoms with E-state index < -0.39 is 12.1 Å². The minimum absolute atomic E-state index is 0.00802. The topological polar surface area (TPSA) is 26.3 Å². The van der Waals surface area contributed by atoms with Crippen LogP contribution in [0.4, 0.5) is 13.2 Å². The van der Waals surface area contributed by atoms with Gasteiger partial charge >= 0.3 is 6.18 Å². The lowest BCUT2D eigenvalue weighted by Gasteiger charge is -2.18. The van der Waals surface area contributed by atoms with Crippen LogP contribution in [0.3, 0.4) is 0 Å². The predicted molar refractivity (Wildman–Crippen MR) is 109 cm³/mol. The van der Waals surface area contributed by atoms with Crippen molar-refractivity contribution in [3.05, 3.63) is 68.7 Å². The summed E-state index contributed by atoms with van der Waals surface area (Å²) in [6, 6.07) is 8.76. The van der Waals surface area contributed by atoms with E-state index in [1.165, 1.54) is 6.08 Å². The minimum Gasteiger partial charge on any atom is -0.486 e. The van der Waals surface area contributed by atoms with Crippen molar-refractivity contribution in [2.45, 2.75) is 24.9 Å². The van der Waals surface area contributed by atoms with Gasteiger partial charge in [0.1, 0.15) is 12.4 Å². The molecule has 3 rings (SSSR count). The van der Waals surface area contributed by atoms with Crippen molar-refractivity contribution in [3.8, 4) is 5.75 Å². The Bertz CT molecular complexity index is 897. The number of rotatable bonds is 7. The van der Waals surface area contributed by atoms with Crippen LogP contribution in [0.2, 0.25) is 15.1 Å². The van der Waals surface area contributed by atoms with Crippen LogP contribution in [0.15, 0.2) is 42.5 Å². The number of hydrogen-bond acceptors (Lipinski definition) is 2. The van der Waals surface area contributed by atoms with Gasteiger partial charge in [0.25, 0.3) is 0 Å². The van der Waals surface area contributed by atoms with Crippen LogP contribution >= 0.6 is 34.8 Å². The Kier molecular flexibility index (Phi) is 6.82. The van der Waals surface area contributed by atoms with Gasteiger partial charge in [-0.15, -0.1) is 0 Å². The molecule has 2 nitrogen and oxygen atoms in total. The maximum atomic E-state index is 13.6.